The Morgan fingerprint density at radius 2 is 1.59 bits per heavy atom. The number of carbonyl (C=O) groups is 2. The summed E-state index contributed by atoms with van der Waals surface area (Å²) in [6.07, 6.45) is 1.67. The molecule has 0 saturated carbocycles. The van der Waals surface area contributed by atoms with Crippen molar-refractivity contribution in [2.45, 2.75) is 67.1 Å². The maximum absolute atomic E-state index is 12.4. The molecule has 0 amide bonds. The lowest BCUT2D eigenvalue weighted by Crippen LogP contribution is -2.36. The summed E-state index contributed by atoms with van der Waals surface area (Å²) >= 11 is 0. The number of esters is 1. The molecule has 0 aromatic heterocycles. The zero-order valence-electron chi connectivity index (χ0n) is 17.7. The van der Waals surface area contributed by atoms with Gasteiger partial charge < -0.3 is 9.47 Å². The predicted molar refractivity (Wildman–Crippen MR) is 108 cm³/mol. The number of Topliss-reactive ketones (excluding diaryl/α,β-unsaturated/α-hetero) is 1. The van der Waals surface area contributed by atoms with Crippen LogP contribution in [0.25, 0.3) is 0 Å². The Kier molecular flexibility index (Phi) is 9.44. The number of ketones is 1. The van der Waals surface area contributed by atoms with E-state index in [-0.39, 0.29) is 41.7 Å². The van der Waals surface area contributed by atoms with Gasteiger partial charge in [-0.25, -0.2) is 0 Å². The maximum atomic E-state index is 12.4. The number of ether oxygens (including phenoxy) is 2. The first-order valence-corrected chi connectivity index (χ1v) is 9.83. The van der Waals surface area contributed by atoms with E-state index in [4.69, 9.17) is 9.47 Å². The fourth-order valence-electron chi connectivity index (χ4n) is 3.02. The van der Waals surface area contributed by atoms with Crippen LogP contribution in [0.4, 0.5) is 0 Å². The average molecular weight is 375 g/mol. The molecule has 0 fully saturated rings. The average Bonchev–Trinajstić information content (AvgIpc) is 2.68. The van der Waals surface area contributed by atoms with Crippen molar-refractivity contribution in [1.82, 2.24) is 0 Å². The van der Waals surface area contributed by atoms with Gasteiger partial charge in [-0.05, 0) is 25.5 Å². The number of benzene rings is 1. The Balaban J connectivity index is 3.08. The minimum Gasteiger partial charge on any atom is -0.431 e. The molecule has 0 spiro atoms. The summed E-state index contributed by atoms with van der Waals surface area (Å²) in [5.41, 5.74) is 1.05. The molecule has 150 valence electrons. The highest BCUT2D eigenvalue weighted by atomic mass is 16.5. The monoisotopic (exact) mass is 374 g/mol. The van der Waals surface area contributed by atoms with Crippen LogP contribution < -0.4 is 0 Å². The van der Waals surface area contributed by atoms with Crippen LogP contribution in [0.3, 0.4) is 0 Å². The molecule has 0 heterocycles. The third-order valence-electron chi connectivity index (χ3n) is 4.90. The zero-order chi connectivity index (χ0) is 20.6. The number of rotatable bonds is 10. The lowest BCUT2D eigenvalue weighted by molar-refractivity contribution is -0.146. The first-order chi connectivity index (χ1) is 12.7. The van der Waals surface area contributed by atoms with Crippen LogP contribution in [-0.2, 0) is 19.1 Å². The molecule has 0 aliphatic rings. The molecule has 0 aliphatic heterocycles. The van der Waals surface area contributed by atoms with E-state index in [0.29, 0.717) is 12.2 Å². The third kappa shape index (κ3) is 6.62. The van der Waals surface area contributed by atoms with Gasteiger partial charge >= 0.3 is 5.97 Å². The molecule has 1 rings (SSSR count). The van der Waals surface area contributed by atoms with Crippen molar-refractivity contribution in [2.24, 2.45) is 17.8 Å². The standard InChI is InChI=1S/C23H34O4/c1-8-20(24)16(5)22(26-18(7)19-13-11-10-12-14-19)17(6)21(9-2)27-23(25)15(3)4/h9-18,22H,8H2,1-7H3/b21-9-/t16-,17-,18+,22+/m1/s1. The van der Waals surface area contributed by atoms with Crippen molar-refractivity contribution in [3.63, 3.8) is 0 Å². The first kappa shape index (κ1) is 23.1. The lowest BCUT2D eigenvalue weighted by atomic mass is 9.87. The first-order valence-electron chi connectivity index (χ1n) is 9.83. The van der Waals surface area contributed by atoms with E-state index in [0.717, 1.165) is 5.56 Å². The summed E-state index contributed by atoms with van der Waals surface area (Å²) in [6, 6.07) is 9.91. The number of carbonyl (C=O) groups excluding carboxylic acids is 2. The highest BCUT2D eigenvalue weighted by Crippen LogP contribution is 2.31. The molecule has 4 heteroatoms. The molecule has 1 aromatic carbocycles. The molecule has 0 unspecified atom stereocenters. The fourth-order valence-corrected chi connectivity index (χ4v) is 3.02. The molecule has 0 aliphatic carbocycles. The molecular formula is C23H34O4. The maximum Gasteiger partial charge on any atom is 0.313 e. The van der Waals surface area contributed by atoms with Crippen molar-refractivity contribution in [1.29, 1.82) is 0 Å². The number of hydrogen-bond acceptors (Lipinski definition) is 4. The van der Waals surface area contributed by atoms with Gasteiger partial charge in [-0.1, -0.05) is 65.0 Å². The molecular weight excluding hydrogens is 340 g/mol. The summed E-state index contributed by atoms with van der Waals surface area (Å²) in [5.74, 6) is -0.338. The van der Waals surface area contributed by atoms with Gasteiger partial charge in [-0.15, -0.1) is 0 Å². The van der Waals surface area contributed by atoms with Crippen molar-refractivity contribution in [3.05, 3.63) is 47.7 Å². The van der Waals surface area contributed by atoms with E-state index >= 15 is 0 Å². The van der Waals surface area contributed by atoms with Gasteiger partial charge in [0.15, 0.2) is 0 Å². The zero-order valence-corrected chi connectivity index (χ0v) is 17.7. The largest absolute Gasteiger partial charge is 0.431 e. The van der Waals surface area contributed by atoms with Crippen LogP contribution in [0.15, 0.2) is 42.2 Å². The highest BCUT2D eigenvalue weighted by molar-refractivity contribution is 5.81. The van der Waals surface area contributed by atoms with Crippen LogP contribution in [0.1, 0.15) is 66.6 Å². The predicted octanol–water partition coefficient (Wildman–Crippen LogP) is 5.49. The second-order valence-electron chi connectivity index (χ2n) is 7.32. The minimum atomic E-state index is -0.390. The molecule has 27 heavy (non-hydrogen) atoms. The summed E-state index contributed by atoms with van der Waals surface area (Å²) in [5, 5.41) is 0. The Hall–Kier alpha value is -1.94. The van der Waals surface area contributed by atoms with Crippen molar-refractivity contribution in [3.8, 4) is 0 Å². The van der Waals surface area contributed by atoms with Crippen LogP contribution >= 0.6 is 0 Å². The van der Waals surface area contributed by atoms with Crippen LogP contribution in [0, 0.1) is 17.8 Å². The molecule has 0 N–H and O–H groups in total. The van der Waals surface area contributed by atoms with E-state index in [1.807, 2.05) is 65.0 Å². The van der Waals surface area contributed by atoms with E-state index in [1.54, 1.807) is 19.9 Å². The summed E-state index contributed by atoms with van der Waals surface area (Å²) in [4.78, 5) is 24.5. The summed E-state index contributed by atoms with van der Waals surface area (Å²) < 4.78 is 11.9. The molecule has 4 atom stereocenters. The normalized spacial score (nSPS) is 16.5. The molecule has 0 radical (unpaired) electrons. The molecule has 4 nitrogen and oxygen atoms in total. The van der Waals surface area contributed by atoms with Crippen LogP contribution in [-0.4, -0.2) is 17.9 Å². The second kappa shape index (κ2) is 11.0. The highest BCUT2D eigenvalue weighted by Gasteiger charge is 2.34. The fraction of sp³-hybridized carbons (Fsp3) is 0.565. The minimum absolute atomic E-state index is 0.137. The van der Waals surface area contributed by atoms with Crippen LogP contribution in [0.5, 0.6) is 0 Å². The van der Waals surface area contributed by atoms with Crippen LogP contribution in [0.2, 0.25) is 0 Å². The second-order valence-corrected chi connectivity index (χ2v) is 7.32. The molecule has 0 bridgehead atoms. The van der Waals surface area contributed by atoms with Gasteiger partial charge in [0.2, 0.25) is 0 Å². The SMILES string of the molecule is C/C=C(\OC(=O)C(C)C)[C@@H](C)[C@@H](O[C@@H](C)c1ccccc1)[C@H](C)C(=O)CC. The van der Waals surface area contributed by atoms with Crippen molar-refractivity contribution >= 4 is 11.8 Å². The van der Waals surface area contributed by atoms with Gasteiger partial charge in [0.1, 0.15) is 11.5 Å². The topological polar surface area (TPSA) is 52.6 Å². The Morgan fingerprint density at radius 1 is 1.00 bits per heavy atom. The Bertz CT molecular complexity index is 633. The smallest absolute Gasteiger partial charge is 0.313 e. The summed E-state index contributed by atoms with van der Waals surface area (Å²) in [7, 11) is 0. The van der Waals surface area contributed by atoms with Gasteiger partial charge in [-0.3, -0.25) is 9.59 Å². The summed E-state index contributed by atoms with van der Waals surface area (Å²) in [6.45, 7) is 13.1. The van der Waals surface area contributed by atoms with Crippen molar-refractivity contribution < 1.29 is 19.1 Å². The van der Waals surface area contributed by atoms with E-state index in [1.165, 1.54) is 0 Å². The van der Waals surface area contributed by atoms with Gasteiger partial charge in [0.25, 0.3) is 0 Å². The van der Waals surface area contributed by atoms with Crippen molar-refractivity contribution in [2.75, 3.05) is 0 Å². The molecule has 0 saturated heterocycles. The van der Waals surface area contributed by atoms with E-state index in [2.05, 4.69) is 0 Å². The van der Waals surface area contributed by atoms with E-state index < -0.39 is 0 Å². The van der Waals surface area contributed by atoms with Gasteiger partial charge in [0, 0.05) is 18.3 Å². The van der Waals surface area contributed by atoms with Gasteiger partial charge in [-0.2, -0.15) is 0 Å². The lowest BCUT2D eigenvalue weighted by Gasteiger charge is -2.32. The number of hydrogen-bond donors (Lipinski definition) is 0. The Morgan fingerprint density at radius 3 is 2.07 bits per heavy atom. The quantitative estimate of drug-likeness (QED) is 0.401. The third-order valence-corrected chi connectivity index (χ3v) is 4.90. The van der Waals surface area contributed by atoms with E-state index in [9.17, 15) is 9.59 Å². The Labute approximate surface area is 163 Å². The number of allylic oxidation sites excluding steroid dienone is 1. The van der Waals surface area contributed by atoms with Gasteiger partial charge in [0.05, 0.1) is 18.1 Å². The molecule has 1 aromatic rings.